The van der Waals surface area contributed by atoms with Crippen molar-refractivity contribution in [3.63, 3.8) is 0 Å². The molecule has 0 spiro atoms. The average molecular weight is 216 g/mol. The molecule has 3 heteroatoms. The molecule has 1 rings (SSSR count). The van der Waals surface area contributed by atoms with Gasteiger partial charge >= 0.3 is 0 Å². The topological polar surface area (TPSA) is 15.3 Å². The Morgan fingerprint density at radius 1 is 1.36 bits per heavy atom. The van der Waals surface area contributed by atoms with Gasteiger partial charge in [0.2, 0.25) is 0 Å². The van der Waals surface area contributed by atoms with Gasteiger partial charge in [0.15, 0.2) is 0 Å². The lowest BCUT2D eigenvalue weighted by atomic mass is 10.2. The second kappa shape index (κ2) is 6.70. The molecule has 84 valence electrons. The Balaban J connectivity index is 2.15. The summed E-state index contributed by atoms with van der Waals surface area (Å²) in [7, 11) is 2.03. The smallest absolute Gasteiger partial charge is 0.0184 e. The van der Waals surface area contributed by atoms with Crippen molar-refractivity contribution >= 4 is 11.8 Å². The maximum Gasteiger partial charge on any atom is 0.0184 e. The number of hydrogen-bond acceptors (Lipinski definition) is 3. The highest BCUT2D eigenvalue weighted by Gasteiger charge is 2.24. The van der Waals surface area contributed by atoms with Gasteiger partial charge in [-0.25, -0.2) is 0 Å². The molecule has 0 aromatic rings. The third kappa shape index (κ3) is 3.79. The Morgan fingerprint density at radius 2 is 2.14 bits per heavy atom. The Labute approximate surface area is 92.8 Å². The van der Waals surface area contributed by atoms with E-state index in [1.165, 1.54) is 31.7 Å². The highest BCUT2D eigenvalue weighted by atomic mass is 32.2. The average Bonchev–Trinajstić information content (AvgIpc) is 2.19. The maximum absolute atomic E-state index is 3.20. The SMILES string of the molecule is CNCCCCN1CCSC(C)C1C. The predicted octanol–water partition coefficient (Wildman–Crippen LogP) is 1.81. The zero-order chi connectivity index (χ0) is 10.4. The number of rotatable bonds is 5. The molecule has 14 heavy (non-hydrogen) atoms. The standard InChI is InChI=1S/C11H24N2S/c1-10-11(2)14-9-8-13(10)7-5-4-6-12-3/h10-12H,4-9H2,1-3H3. The molecule has 1 fully saturated rings. The number of hydrogen-bond donors (Lipinski definition) is 1. The summed E-state index contributed by atoms with van der Waals surface area (Å²) in [5, 5.41) is 4.02. The summed E-state index contributed by atoms with van der Waals surface area (Å²) in [6, 6.07) is 0.767. The molecule has 1 heterocycles. The van der Waals surface area contributed by atoms with E-state index in [2.05, 4.69) is 35.8 Å². The van der Waals surface area contributed by atoms with Crippen LogP contribution in [0.4, 0.5) is 0 Å². The fourth-order valence-electron chi connectivity index (χ4n) is 1.93. The fourth-order valence-corrected chi connectivity index (χ4v) is 3.09. The van der Waals surface area contributed by atoms with Gasteiger partial charge < -0.3 is 5.32 Å². The van der Waals surface area contributed by atoms with E-state index >= 15 is 0 Å². The highest BCUT2D eigenvalue weighted by molar-refractivity contribution is 8.00. The van der Waals surface area contributed by atoms with Crippen molar-refractivity contribution in [1.82, 2.24) is 10.2 Å². The molecule has 1 N–H and O–H groups in total. The molecule has 0 aliphatic carbocycles. The van der Waals surface area contributed by atoms with E-state index in [9.17, 15) is 0 Å². The van der Waals surface area contributed by atoms with Crippen molar-refractivity contribution in [2.45, 2.75) is 38.0 Å². The third-order valence-electron chi connectivity index (χ3n) is 3.14. The Bertz CT molecular complexity index is 152. The number of unbranched alkanes of at least 4 members (excludes halogenated alkanes) is 1. The van der Waals surface area contributed by atoms with Gasteiger partial charge in [-0.1, -0.05) is 6.92 Å². The van der Waals surface area contributed by atoms with Crippen LogP contribution in [0.2, 0.25) is 0 Å². The summed E-state index contributed by atoms with van der Waals surface area (Å²) >= 11 is 2.12. The first kappa shape index (κ1) is 12.3. The molecule has 0 bridgehead atoms. The molecule has 0 aromatic carbocycles. The van der Waals surface area contributed by atoms with Crippen molar-refractivity contribution in [2.75, 3.05) is 32.4 Å². The maximum atomic E-state index is 3.20. The molecular formula is C11H24N2S. The summed E-state index contributed by atoms with van der Waals surface area (Å²) in [5.74, 6) is 1.32. The zero-order valence-electron chi connectivity index (χ0n) is 9.75. The van der Waals surface area contributed by atoms with E-state index in [4.69, 9.17) is 0 Å². The van der Waals surface area contributed by atoms with Gasteiger partial charge in [-0.2, -0.15) is 11.8 Å². The molecule has 1 saturated heterocycles. The van der Waals surface area contributed by atoms with Crippen LogP contribution in [0.1, 0.15) is 26.7 Å². The van der Waals surface area contributed by atoms with Crippen LogP contribution in [0.15, 0.2) is 0 Å². The van der Waals surface area contributed by atoms with E-state index in [-0.39, 0.29) is 0 Å². The monoisotopic (exact) mass is 216 g/mol. The van der Waals surface area contributed by atoms with Crippen molar-refractivity contribution in [2.24, 2.45) is 0 Å². The molecule has 1 aliphatic heterocycles. The number of thioether (sulfide) groups is 1. The van der Waals surface area contributed by atoms with Gasteiger partial charge in [0, 0.05) is 23.6 Å². The first-order chi connectivity index (χ1) is 6.75. The first-order valence-electron chi connectivity index (χ1n) is 5.76. The van der Waals surface area contributed by atoms with Crippen molar-refractivity contribution in [3.8, 4) is 0 Å². The van der Waals surface area contributed by atoms with Gasteiger partial charge in [0.25, 0.3) is 0 Å². The van der Waals surface area contributed by atoms with Crippen molar-refractivity contribution in [3.05, 3.63) is 0 Å². The largest absolute Gasteiger partial charge is 0.320 e. The van der Waals surface area contributed by atoms with Gasteiger partial charge in [0.1, 0.15) is 0 Å². The van der Waals surface area contributed by atoms with Crippen LogP contribution in [0.25, 0.3) is 0 Å². The molecule has 1 aliphatic rings. The fraction of sp³-hybridized carbons (Fsp3) is 1.00. The molecule has 2 nitrogen and oxygen atoms in total. The highest BCUT2D eigenvalue weighted by Crippen LogP contribution is 2.24. The molecule has 0 saturated carbocycles. The van der Waals surface area contributed by atoms with E-state index in [1.807, 2.05) is 7.05 Å². The third-order valence-corrected chi connectivity index (χ3v) is 4.47. The quantitative estimate of drug-likeness (QED) is 0.706. The molecule has 0 radical (unpaired) electrons. The van der Waals surface area contributed by atoms with Crippen LogP contribution in [-0.4, -0.2) is 48.6 Å². The molecule has 2 atom stereocenters. The van der Waals surface area contributed by atoms with E-state index in [1.54, 1.807) is 0 Å². The Kier molecular flexibility index (Phi) is 5.90. The van der Waals surface area contributed by atoms with Crippen molar-refractivity contribution in [1.29, 1.82) is 0 Å². The van der Waals surface area contributed by atoms with Crippen LogP contribution in [0.3, 0.4) is 0 Å². The van der Waals surface area contributed by atoms with Gasteiger partial charge in [0.05, 0.1) is 0 Å². The summed E-state index contributed by atoms with van der Waals surface area (Å²) < 4.78 is 0. The second-order valence-electron chi connectivity index (χ2n) is 4.16. The summed E-state index contributed by atoms with van der Waals surface area (Å²) in [6.07, 6.45) is 2.64. The Morgan fingerprint density at radius 3 is 2.86 bits per heavy atom. The predicted molar refractivity (Wildman–Crippen MR) is 66.1 cm³/mol. The Hall–Kier alpha value is 0.270. The lowest BCUT2D eigenvalue weighted by Gasteiger charge is -2.37. The zero-order valence-corrected chi connectivity index (χ0v) is 10.6. The van der Waals surface area contributed by atoms with E-state index in [0.717, 1.165) is 17.8 Å². The minimum atomic E-state index is 0.767. The summed E-state index contributed by atoms with van der Waals surface area (Å²) in [4.78, 5) is 2.65. The van der Waals surface area contributed by atoms with Gasteiger partial charge in [-0.05, 0) is 39.9 Å². The van der Waals surface area contributed by atoms with Crippen LogP contribution in [0.5, 0.6) is 0 Å². The first-order valence-corrected chi connectivity index (χ1v) is 6.81. The van der Waals surface area contributed by atoms with E-state index < -0.39 is 0 Å². The molecule has 0 aromatic heterocycles. The number of nitrogens with one attached hydrogen (secondary N) is 1. The normalized spacial score (nSPS) is 29.4. The lowest BCUT2D eigenvalue weighted by Crippen LogP contribution is -2.45. The lowest BCUT2D eigenvalue weighted by molar-refractivity contribution is 0.209. The van der Waals surface area contributed by atoms with Crippen LogP contribution in [0, 0.1) is 0 Å². The summed E-state index contributed by atoms with van der Waals surface area (Å²) in [5.41, 5.74) is 0. The van der Waals surface area contributed by atoms with Crippen LogP contribution < -0.4 is 5.32 Å². The van der Waals surface area contributed by atoms with Crippen molar-refractivity contribution < 1.29 is 0 Å². The summed E-state index contributed by atoms with van der Waals surface area (Å²) in [6.45, 7) is 8.46. The van der Waals surface area contributed by atoms with E-state index in [0.29, 0.717) is 0 Å². The molecular weight excluding hydrogens is 192 g/mol. The second-order valence-corrected chi connectivity index (χ2v) is 5.65. The van der Waals surface area contributed by atoms with Crippen LogP contribution in [-0.2, 0) is 0 Å². The number of nitrogens with zero attached hydrogens (tertiary/aromatic N) is 1. The minimum Gasteiger partial charge on any atom is -0.320 e. The van der Waals surface area contributed by atoms with Gasteiger partial charge in [-0.15, -0.1) is 0 Å². The molecule has 0 amide bonds. The van der Waals surface area contributed by atoms with Gasteiger partial charge in [-0.3, -0.25) is 4.90 Å². The van der Waals surface area contributed by atoms with Crippen LogP contribution >= 0.6 is 11.8 Å². The molecule has 2 unspecified atom stereocenters. The minimum absolute atomic E-state index is 0.767.